The summed E-state index contributed by atoms with van der Waals surface area (Å²) >= 11 is 0. The summed E-state index contributed by atoms with van der Waals surface area (Å²) in [6.07, 6.45) is 3.20. The molecule has 2 heterocycles. The first-order valence-corrected chi connectivity index (χ1v) is 10.7. The molecule has 32 heavy (non-hydrogen) atoms. The highest BCUT2D eigenvalue weighted by Gasteiger charge is 2.23. The maximum Gasteiger partial charge on any atom is 0.256 e. The van der Waals surface area contributed by atoms with Crippen molar-refractivity contribution in [3.8, 4) is 0 Å². The lowest BCUT2D eigenvalue weighted by Gasteiger charge is -2.25. The summed E-state index contributed by atoms with van der Waals surface area (Å²) in [6.45, 7) is 6.65. The smallest absolute Gasteiger partial charge is 0.256 e. The van der Waals surface area contributed by atoms with Crippen LogP contribution in [0.1, 0.15) is 30.6 Å². The monoisotopic (exact) mass is 435 g/mol. The van der Waals surface area contributed by atoms with E-state index in [9.17, 15) is 9.59 Å². The van der Waals surface area contributed by atoms with Gasteiger partial charge in [0.05, 0.1) is 17.5 Å². The van der Waals surface area contributed by atoms with Crippen LogP contribution >= 0.6 is 0 Å². The molecule has 9 heteroatoms. The predicted octanol–water partition coefficient (Wildman–Crippen LogP) is 2.85. The van der Waals surface area contributed by atoms with E-state index in [0.717, 1.165) is 25.0 Å². The Labute approximate surface area is 188 Å². The van der Waals surface area contributed by atoms with E-state index in [1.165, 1.54) is 13.1 Å². The number of rotatable bonds is 7. The van der Waals surface area contributed by atoms with Crippen LogP contribution in [0.15, 0.2) is 47.6 Å². The largest absolute Gasteiger partial charge is 0.355 e. The Hall–Kier alpha value is -3.75. The zero-order chi connectivity index (χ0) is 22.9. The number of hydrogen-bond donors (Lipinski definition) is 2. The van der Waals surface area contributed by atoms with Crippen LogP contribution in [0.3, 0.4) is 0 Å². The predicted molar refractivity (Wildman–Crippen MR) is 128 cm³/mol. The highest BCUT2D eigenvalue weighted by atomic mass is 16.2. The first-order valence-electron chi connectivity index (χ1n) is 10.7. The number of hydrogen-bond acceptors (Lipinski definition) is 7. The van der Waals surface area contributed by atoms with E-state index in [0.29, 0.717) is 43.2 Å². The number of nitrogens with one attached hydrogen (secondary N) is 2. The second-order valence-corrected chi connectivity index (χ2v) is 7.35. The summed E-state index contributed by atoms with van der Waals surface area (Å²) in [4.78, 5) is 35.4. The van der Waals surface area contributed by atoms with Crippen LogP contribution < -0.4 is 15.2 Å². The fraction of sp³-hybridized carbons (Fsp3) is 0.348. The van der Waals surface area contributed by atoms with Gasteiger partial charge in [-0.05, 0) is 37.6 Å². The van der Waals surface area contributed by atoms with E-state index in [2.05, 4.69) is 15.4 Å². The van der Waals surface area contributed by atoms with Gasteiger partial charge in [0.1, 0.15) is 11.6 Å². The van der Waals surface area contributed by atoms with Gasteiger partial charge in [-0.3, -0.25) is 19.9 Å². The zero-order valence-electron chi connectivity index (χ0n) is 18.5. The minimum absolute atomic E-state index is 0.0398. The van der Waals surface area contributed by atoms with Gasteiger partial charge in [-0.1, -0.05) is 18.2 Å². The van der Waals surface area contributed by atoms with Gasteiger partial charge in [0.25, 0.3) is 5.91 Å². The quantitative estimate of drug-likeness (QED) is 0.514. The molecular formula is C23H29N7O2. The third kappa shape index (κ3) is 5.48. The molecule has 2 amide bonds. The van der Waals surface area contributed by atoms with E-state index in [-0.39, 0.29) is 11.8 Å². The highest BCUT2D eigenvalue weighted by Crippen LogP contribution is 2.22. The number of aromatic nitrogens is 1. The van der Waals surface area contributed by atoms with E-state index < -0.39 is 0 Å². The van der Waals surface area contributed by atoms with Gasteiger partial charge in [-0.15, -0.1) is 0 Å². The number of anilines is 3. The summed E-state index contributed by atoms with van der Waals surface area (Å²) in [5.41, 5.74) is 3.99. The highest BCUT2D eigenvalue weighted by molar-refractivity contribution is 6.14. The molecule has 168 valence electrons. The molecule has 2 aromatic rings. The van der Waals surface area contributed by atoms with Crippen LogP contribution in [0.4, 0.5) is 17.3 Å². The molecule has 3 rings (SSSR count). The van der Waals surface area contributed by atoms with Crippen molar-refractivity contribution in [1.29, 1.82) is 5.41 Å². The molecule has 0 saturated carbocycles. The number of nitrogens with zero attached hydrogens (tertiary/aromatic N) is 5. The standard InChI is InChI=1S/C23H29N7O2/c1-3-30(18(2)31)22-11-6-10-21(26-22)28-14-7-15-29(17-16-28)23(32)19-8-4-5-9-20(19)27-25-13-12-24/h4-6,8-13,24,27H,3,7,14-17H2,1-2H3/b24-12?,25-13-. The van der Waals surface area contributed by atoms with Gasteiger partial charge >= 0.3 is 0 Å². The van der Waals surface area contributed by atoms with Gasteiger partial charge in [0.2, 0.25) is 5.91 Å². The molecule has 1 aromatic heterocycles. The Balaban J connectivity index is 1.72. The molecule has 0 bridgehead atoms. The Morgan fingerprint density at radius 2 is 1.97 bits per heavy atom. The van der Waals surface area contributed by atoms with Crippen molar-refractivity contribution in [2.75, 3.05) is 47.9 Å². The van der Waals surface area contributed by atoms with Crippen LogP contribution in [0.25, 0.3) is 0 Å². The van der Waals surface area contributed by atoms with Crippen LogP contribution in [0.5, 0.6) is 0 Å². The lowest BCUT2D eigenvalue weighted by Crippen LogP contribution is -2.36. The van der Waals surface area contributed by atoms with Crippen molar-refractivity contribution < 1.29 is 9.59 Å². The van der Waals surface area contributed by atoms with E-state index in [1.807, 2.05) is 42.2 Å². The van der Waals surface area contributed by atoms with Gasteiger partial charge in [-0.2, -0.15) is 5.10 Å². The van der Waals surface area contributed by atoms with Crippen molar-refractivity contribution in [3.63, 3.8) is 0 Å². The summed E-state index contributed by atoms with van der Waals surface area (Å²) in [5.74, 6) is 1.34. The van der Waals surface area contributed by atoms with Crippen molar-refractivity contribution in [2.45, 2.75) is 20.3 Å². The molecular weight excluding hydrogens is 406 g/mol. The van der Waals surface area contributed by atoms with Gasteiger partial charge in [0, 0.05) is 45.9 Å². The number of amides is 2. The molecule has 1 aliphatic rings. The maximum absolute atomic E-state index is 13.2. The third-order valence-electron chi connectivity index (χ3n) is 5.29. The Morgan fingerprint density at radius 1 is 1.16 bits per heavy atom. The number of carbonyl (C=O) groups is 2. The van der Waals surface area contributed by atoms with Crippen molar-refractivity contribution in [3.05, 3.63) is 48.0 Å². The van der Waals surface area contributed by atoms with E-state index in [4.69, 9.17) is 10.4 Å². The lowest BCUT2D eigenvalue weighted by molar-refractivity contribution is -0.116. The molecule has 0 spiro atoms. The van der Waals surface area contributed by atoms with Gasteiger partial charge in [0.15, 0.2) is 0 Å². The Bertz CT molecular complexity index is 992. The Kier molecular flexibility index (Phi) is 7.91. The summed E-state index contributed by atoms with van der Waals surface area (Å²) in [6, 6.07) is 12.9. The van der Waals surface area contributed by atoms with Crippen molar-refractivity contribution >= 4 is 41.6 Å². The molecule has 1 aliphatic heterocycles. The van der Waals surface area contributed by atoms with Crippen LogP contribution in [0.2, 0.25) is 0 Å². The van der Waals surface area contributed by atoms with Crippen LogP contribution in [0, 0.1) is 5.41 Å². The third-order valence-corrected chi connectivity index (χ3v) is 5.29. The van der Waals surface area contributed by atoms with E-state index in [1.54, 1.807) is 17.0 Å². The Morgan fingerprint density at radius 3 is 2.72 bits per heavy atom. The number of benzene rings is 1. The first kappa shape index (κ1) is 22.9. The molecule has 1 aromatic carbocycles. The fourth-order valence-electron chi connectivity index (χ4n) is 3.72. The summed E-state index contributed by atoms with van der Waals surface area (Å²) in [5, 5.41) is 11.0. The van der Waals surface area contributed by atoms with Crippen molar-refractivity contribution in [2.24, 2.45) is 5.10 Å². The fourth-order valence-corrected chi connectivity index (χ4v) is 3.72. The normalized spacial score (nSPS) is 14.2. The average Bonchev–Trinajstić information content (AvgIpc) is 3.06. The topological polar surface area (TPSA) is 105 Å². The van der Waals surface area contributed by atoms with Gasteiger partial charge < -0.3 is 15.2 Å². The minimum atomic E-state index is -0.0598. The molecule has 0 radical (unpaired) electrons. The van der Waals surface area contributed by atoms with Gasteiger partial charge in [-0.25, -0.2) is 4.98 Å². The molecule has 9 nitrogen and oxygen atoms in total. The average molecular weight is 436 g/mol. The van der Waals surface area contributed by atoms with E-state index >= 15 is 0 Å². The second-order valence-electron chi connectivity index (χ2n) is 7.35. The molecule has 0 aliphatic carbocycles. The number of para-hydroxylation sites is 1. The number of carbonyl (C=O) groups excluding carboxylic acids is 2. The molecule has 0 atom stereocenters. The summed E-state index contributed by atoms with van der Waals surface area (Å²) < 4.78 is 0. The van der Waals surface area contributed by atoms with Crippen LogP contribution in [-0.4, -0.2) is 66.9 Å². The second kappa shape index (κ2) is 11.0. The van der Waals surface area contributed by atoms with Crippen molar-refractivity contribution in [1.82, 2.24) is 9.88 Å². The molecule has 0 unspecified atom stereocenters. The zero-order valence-corrected chi connectivity index (χ0v) is 18.5. The lowest BCUT2D eigenvalue weighted by atomic mass is 10.1. The molecule has 2 N–H and O–H groups in total. The minimum Gasteiger partial charge on any atom is -0.355 e. The first-order chi connectivity index (χ1) is 15.5. The molecule has 1 fully saturated rings. The molecule has 1 saturated heterocycles. The number of hydrazone groups is 1. The summed E-state index contributed by atoms with van der Waals surface area (Å²) in [7, 11) is 0. The SMILES string of the molecule is CCN(C(C)=O)c1cccc(N2CCCN(C(=O)c3ccccc3N/N=C\C=N)CC2)n1. The maximum atomic E-state index is 13.2. The number of pyridine rings is 1. The van der Waals surface area contributed by atoms with Crippen LogP contribution in [-0.2, 0) is 4.79 Å².